The van der Waals surface area contributed by atoms with E-state index >= 15 is 0 Å². The van der Waals surface area contributed by atoms with Crippen molar-refractivity contribution in [3.8, 4) is 28.6 Å². The van der Waals surface area contributed by atoms with Crippen LogP contribution in [0.5, 0.6) is 0 Å². The van der Waals surface area contributed by atoms with Crippen LogP contribution in [0.3, 0.4) is 0 Å². The van der Waals surface area contributed by atoms with E-state index < -0.39 is 0 Å². The Morgan fingerprint density at radius 2 is 0.952 bits per heavy atom. The quantitative estimate of drug-likeness (QED) is 0.0630. The van der Waals surface area contributed by atoms with Crippen LogP contribution < -0.4 is 54.0 Å². The second-order valence-corrected chi connectivity index (χ2v) is 36.8. The van der Waals surface area contributed by atoms with E-state index in [1.54, 1.807) is 47.0 Å². The number of rotatable bonds is 10. The number of benzene rings is 2. The lowest BCUT2D eigenvalue weighted by Crippen LogP contribution is -2.50. The lowest BCUT2D eigenvalue weighted by molar-refractivity contribution is 0.0973. The number of aromatic amines is 2. The molecule has 7 saturated heterocycles. The Bertz CT molecular complexity index is 5790. The molecular weight excluding hydrogens is 1830 g/mol. The summed E-state index contributed by atoms with van der Waals surface area (Å²) in [6.07, 6.45) is 20.6. The number of nitriles is 1. The normalized spacial score (nSPS) is 20.8. The predicted molar refractivity (Wildman–Crippen MR) is 531 cm³/mol. The summed E-state index contributed by atoms with van der Waals surface area (Å²) in [4.78, 5) is 44.8. The average molecular weight is 1940 g/mol. The van der Waals surface area contributed by atoms with E-state index in [1.165, 1.54) is 18.1 Å². The predicted octanol–water partition coefficient (Wildman–Crippen LogP) is 15.0. The number of fused-ring (bicyclic) bond motifs is 4. The summed E-state index contributed by atoms with van der Waals surface area (Å²) in [7, 11) is 0. The first-order valence-corrected chi connectivity index (χ1v) is 43.1. The van der Waals surface area contributed by atoms with E-state index in [9.17, 15) is 5.26 Å². The molecule has 0 bridgehead atoms. The van der Waals surface area contributed by atoms with Crippen molar-refractivity contribution in [2.75, 3.05) is 109 Å². The Kier molecular flexibility index (Phi) is 32.8. The number of hydrogen-bond acceptors (Lipinski definition) is 27. The SMILES string of the molecule is C[C@@H]1OCC2(CCN(c3nc(N)c(-c4cccc(Cl)c4Cl)n4ncnc34)CC2)[C@@H]1N.C[C@@H]1OCC2(CCN(c3ncc(Sc4ccnc(N)c4Cl)c4[nH]ncc34)CC2)[C@@H]1N.Cc1nc(N2CCC(C)(C)CC2)c2cn[nH]c2c1Sc1ccnc(N)c1Cl.Cc1nc(N2CCC3(CC2)CO[C@@H](C)[C@H]3N)c2ccnn2c1-c1cccc(C#N)c1Cl.S.S.S.S.S.S. The molecule has 42 heteroatoms. The van der Waals surface area contributed by atoms with Crippen LogP contribution in [0.4, 0.5) is 40.7 Å². The minimum absolute atomic E-state index is 0. The number of halogens is 5. The smallest absolute Gasteiger partial charge is 0.199 e. The van der Waals surface area contributed by atoms with Crippen LogP contribution in [0.25, 0.3) is 55.5 Å². The van der Waals surface area contributed by atoms with Crippen LogP contribution in [-0.4, -0.2) is 183 Å². The van der Waals surface area contributed by atoms with Gasteiger partial charge in [-0.25, -0.2) is 43.9 Å². The van der Waals surface area contributed by atoms with Gasteiger partial charge in [0.2, 0.25) is 0 Å². The summed E-state index contributed by atoms with van der Waals surface area (Å²) in [5.74, 6) is 4.56. The van der Waals surface area contributed by atoms with Crippen LogP contribution in [0, 0.1) is 46.8 Å². The zero-order chi connectivity index (χ0) is 82.9. The van der Waals surface area contributed by atoms with Gasteiger partial charge in [-0.3, -0.25) is 10.2 Å². The first-order chi connectivity index (χ1) is 56.7. The van der Waals surface area contributed by atoms with E-state index in [2.05, 4.69) is 98.9 Å². The molecule has 0 saturated carbocycles. The van der Waals surface area contributed by atoms with Crippen molar-refractivity contribution < 1.29 is 14.2 Å². The van der Waals surface area contributed by atoms with Crippen LogP contribution in [0.15, 0.2) is 118 Å². The highest BCUT2D eigenvalue weighted by molar-refractivity contribution is 8.00. The molecule has 0 unspecified atom stereocenters. The Labute approximate surface area is 795 Å². The largest absolute Gasteiger partial charge is 0.382 e. The lowest BCUT2D eigenvalue weighted by atomic mass is 9.73. The molecule has 124 heavy (non-hydrogen) atoms. The zero-order valence-corrected chi connectivity index (χ0v) is 81.0. The minimum atomic E-state index is 0. The number of piperidine rings is 4. The number of H-pyrrole nitrogens is 2. The summed E-state index contributed by atoms with van der Waals surface area (Å²) in [6.45, 7) is 24.2. The van der Waals surface area contributed by atoms with Crippen molar-refractivity contribution in [3.05, 3.63) is 140 Å². The van der Waals surface area contributed by atoms with Gasteiger partial charge in [-0.1, -0.05) is 120 Å². The van der Waals surface area contributed by atoms with E-state index in [0.717, 1.165) is 204 Å². The molecule has 12 aromatic rings. The summed E-state index contributed by atoms with van der Waals surface area (Å²) >= 11 is 34.9. The molecule has 666 valence electrons. The summed E-state index contributed by atoms with van der Waals surface area (Å²) in [6, 6.07) is 18.9. The second-order valence-electron chi connectivity index (χ2n) is 32.7. The highest BCUT2D eigenvalue weighted by Crippen LogP contribution is 2.50. The summed E-state index contributed by atoms with van der Waals surface area (Å²) in [5.41, 5.74) is 46.5. The molecule has 0 aliphatic carbocycles. The van der Waals surface area contributed by atoms with E-state index in [4.69, 9.17) is 127 Å². The Morgan fingerprint density at radius 1 is 0.476 bits per heavy atom. The molecule has 6 atom stereocenters. The molecule has 19 rings (SSSR count). The van der Waals surface area contributed by atoms with Gasteiger partial charge in [-0.15, -0.1) is 0 Å². The van der Waals surface area contributed by atoms with E-state index in [-0.39, 0.29) is 134 Å². The van der Waals surface area contributed by atoms with E-state index in [1.807, 2.05) is 86.3 Å². The lowest BCUT2D eigenvalue weighted by Gasteiger charge is -2.41. The van der Waals surface area contributed by atoms with E-state index in [0.29, 0.717) is 82.9 Å². The number of nitrogens with two attached hydrogens (primary N) is 6. The number of hydrogen-bond donors (Lipinski definition) is 8. The third-order valence-corrected chi connectivity index (χ3v) is 29.8. The number of nitrogen functional groups attached to an aromatic ring is 3. The molecule has 2 aromatic carbocycles. The van der Waals surface area contributed by atoms with Crippen molar-refractivity contribution in [1.29, 1.82) is 5.26 Å². The number of aromatic nitrogens is 15. The monoisotopic (exact) mass is 1930 g/mol. The van der Waals surface area contributed by atoms with Crippen molar-refractivity contribution in [3.63, 3.8) is 0 Å². The van der Waals surface area contributed by atoms with Gasteiger partial charge in [0, 0.05) is 126 Å². The van der Waals surface area contributed by atoms with Crippen molar-refractivity contribution in [2.45, 2.75) is 156 Å². The maximum absolute atomic E-state index is 9.37. The van der Waals surface area contributed by atoms with Crippen LogP contribution in [-0.2, 0) is 14.2 Å². The Morgan fingerprint density at radius 3 is 1.48 bits per heavy atom. The number of aryl methyl sites for hydroxylation is 2. The maximum atomic E-state index is 9.37. The molecule has 0 radical (unpaired) electrons. The molecule has 7 aliphatic rings. The van der Waals surface area contributed by atoms with Gasteiger partial charge in [-0.05, 0) is 122 Å². The highest BCUT2D eigenvalue weighted by Gasteiger charge is 2.51. The third kappa shape index (κ3) is 19.2. The van der Waals surface area contributed by atoms with Gasteiger partial charge in [-0.2, -0.15) is 107 Å². The molecular formula is C82H107Cl5N26O3S8. The molecule has 10 aromatic heterocycles. The topological polar surface area (TPSA) is 403 Å². The number of nitrogens with zero attached hydrogens (tertiary/aromatic N) is 18. The molecule has 14 N–H and O–H groups in total. The molecule has 29 nitrogen and oxygen atoms in total. The molecule has 7 fully saturated rings. The Hall–Kier alpha value is -6.75. The fourth-order valence-corrected chi connectivity index (χ4v) is 20.6. The second kappa shape index (κ2) is 40.9. The maximum Gasteiger partial charge on any atom is 0.199 e. The zero-order valence-electron chi connectivity index (χ0n) is 69.6. The van der Waals surface area contributed by atoms with Gasteiger partial charge in [0.25, 0.3) is 0 Å². The first-order valence-electron chi connectivity index (χ1n) is 39.6. The minimum Gasteiger partial charge on any atom is -0.382 e. The highest BCUT2D eigenvalue weighted by atomic mass is 35.5. The number of anilines is 7. The van der Waals surface area contributed by atoms with Crippen LogP contribution in [0.2, 0.25) is 25.1 Å². The summed E-state index contributed by atoms with van der Waals surface area (Å²) in [5, 5.41) is 37.4. The fourth-order valence-electron chi connectivity index (χ4n) is 17.6. The standard InChI is InChI=1S/C23H25ClN6O.C20H23Cl2N7O.C20H24ClN7OS.C19H23ClN6S.6H2S/c1-14-20(17-5-3-4-16(12-25)19(17)24)30-18(6-9-27-30)22(28-14)29-10-7-23(8-11-29)13-31-15(2)21(23)26;1-11-16(23)20(9-30-11)5-7-28(8-6-20)19-18-25-10-26-29(18)15(17(24)27-19)12-3-2-4-13(21)14(12)22;1-11-17(22)20(10-29-11)3-6-28(7-4-20)19-12-8-26-27-16(12)14(9-25-19)30-13-2-5-24-18(23)15(13)21;1-11-16(27-13-4-7-22-17(21)14(13)20)15-12(10-23-25-15)18(24-11)26-8-5-19(2,3)6-9-26;;;;;;/h3-6,9,15,21H,7-8,10-11,13,26H2,1-2H3;2-4,10-11,16H,5-9,23-24H2,1H3;2,5,8-9,11,17H,3-4,6-7,10,22H2,1H3,(H2,23,24)(H,26,27);4,7,10H,5-6,8-9H2,1-3H3,(H2,21,22)(H,23,25);6*1H2/t15-,21+;11-,16+;11-,17+;;;;;;;/m000......./s1. The van der Waals surface area contributed by atoms with Crippen LogP contribution in [0.1, 0.15) is 103 Å². The summed E-state index contributed by atoms with van der Waals surface area (Å²) < 4.78 is 21.1. The molecule has 0 amide bonds. The number of nitrogens with one attached hydrogen (secondary N) is 2. The third-order valence-electron chi connectivity index (χ3n) is 25.2. The van der Waals surface area contributed by atoms with Gasteiger partial charge in [0.15, 0.2) is 23.1 Å². The fraction of sp³-hybridized carbons (Fsp3) is 0.439. The number of ether oxygens (including phenoxy) is 3. The van der Waals surface area contributed by atoms with Gasteiger partial charge < -0.3 is 68.2 Å². The first kappa shape index (κ1) is 99.4. The van der Waals surface area contributed by atoms with Crippen LogP contribution >= 0.6 is 163 Å². The van der Waals surface area contributed by atoms with Gasteiger partial charge in [0.1, 0.15) is 46.9 Å². The van der Waals surface area contributed by atoms with Crippen molar-refractivity contribution in [2.24, 2.45) is 38.9 Å². The van der Waals surface area contributed by atoms with Gasteiger partial charge >= 0.3 is 0 Å². The molecule has 17 heterocycles. The molecule has 7 aliphatic heterocycles. The number of pyridine rings is 4. The average Bonchev–Trinajstić information content (AvgIpc) is 1.52. The Balaban J connectivity index is 0.000000170. The molecule has 3 spiro atoms. The van der Waals surface area contributed by atoms with Crippen molar-refractivity contribution in [1.82, 2.24) is 74.5 Å². The van der Waals surface area contributed by atoms with Crippen molar-refractivity contribution >= 4 is 236 Å². The van der Waals surface area contributed by atoms with Gasteiger partial charge in [0.05, 0.1) is 136 Å².